The van der Waals surface area contributed by atoms with Gasteiger partial charge >= 0.3 is 0 Å². The van der Waals surface area contributed by atoms with E-state index in [2.05, 4.69) is 4.99 Å². The van der Waals surface area contributed by atoms with Gasteiger partial charge in [-0.1, -0.05) is 0 Å². The van der Waals surface area contributed by atoms with Crippen molar-refractivity contribution in [2.75, 3.05) is 6.67 Å². The molecule has 0 saturated heterocycles. The average molecular weight is 150 g/mol. The van der Waals surface area contributed by atoms with Crippen molar-refractivity contribution >= 4 is 12.1 Å². The van der Waals surface area contributed by atoms with Crippen LogP contribution in [0.25, 0.3) is 0 Å². The maximum atomic E-state index is 11.3. The van der Waals surface area contributed by atoms with E-state index in [9.17, 15) is 18.7 Å². The summed E-state index contributed by atoms with van der Waals surface area (Å²) in [6, 6.07) is 0. The van der Waals surface area contributed by atoms with Crippen molar-refractivity contribution in [1.29, 1.82) is 0 Å². The largest absolute Gasteiger partial charge is 0.837 e. The van der Waals surface area contributed by atoms with Crippen LogP contribution in [0.2, 0.25) is 0 Å². The van der Waals surface area contributed by atoms with E-state index in [1.165, 1.54) is 0 Å². The second-order valence-corrected chi connectivity index (χ2v) is 1.55. The monoisotopic (exact) mass is 150 g/mol. The Hall–Kier alpha value is -1.00. The highest BCUT2D eigenvalue weighted by atomic mass is 19.1. The van der Waals surface area contributed by atoms with Crippen molar-refractivity contribution in [2.24, 2.45) is 4.99 Å². The smallest absolute Gasteiger partial charge is 0.247 e. The van der Waals surface area contributed by atoms with E-state index in [1.807, 2.05) is 0 Å². The number of carbonyl (C=O) groups excluding carboxylic acids is 1. The van der Waals surface area contributed by atoms with E-state index in [1.54, 1.807) is 0 Å². The fourth-order valence-corrected chi connectivity index (χ4v) is 0.372. The van der Waals surface area contributed by atoms with Crippen LogP contribution in [0.15, 0.2) is 4.99 Å². The highest BCUT2D eigenvalue weighted by Crippen LogP contribution is 1.92. The normalized spacial score (nSPS) is 11.6. The van der Waals surface area contributed by atoms with Crippen LogP contribution < -0.4 is 5.11 Å². The first-order valence-corrected chi connectivity index (χ1v) is 2.67. The fraction of sp³-hybridized carbons (Fsp3) is 0.600. The number of hydrogen-bond donors (Lipinski definition) is 0. The number of halogens is 2. The number of rotatable bonds is 3. The van der Waals surface area contributed by atoms with Crippen LogP contribution in [0.3, 0.4) is 0 Å². The molecule has 0 aliphatic carbocycles. The summed E-state index contributed by atoms with van der Waals surface area (Å²) in [7, 11) is 0. The van der Waals surface area contributed by atoms with E-state index in [0.29, 0.717) is 0 Å². The molecule has 5 heteroatoms. The molecular formula is C5H6F2NO2-. The maximum absolute atomic E-state index is 11.3. The highest BCUT2D eigenvalue weighted by Gasteiger charge is 1.96. The molecule has 58 valence electrons. The molecule has 0 radical (unpaired) electrons. The zero-order valence-electron chi connectivity index (χ0n) is 5.14. The number of nitrogens with zero attached hydrogens (tertiary/aromatic N) is 1. The third-order valence-corrected chi connectivity index (χ3v) is 0.737. The molecule has 0 rings (SSSR count). The van der Waals surface area contributed by atoms with Crippen molar-refractivity contribution in [3.63, 3.8) is 0 Å². The van der Waals surface area contributed by atoms with E-state index in [4.69, 9.17) is 0 Å². The minimum absolute atomic E-state index is 0.0182. The Morgan fingerprint density at radius 1 is 1.60 bits per heavy atom. The highest BCUT2D eigenvalue weighted by molar-refractivity contribution is 5.85. The van der Waals surface area contributed by atoms with Gasteiger partial charge in [0.2, 0.25) is 5.91 Å². The Morgan fingerprint density at radius 2 is 2.20 bits per heavy atom. The van der Waals surface area contributed by atoms with Crippen molar-refractivity contribution in [1.82, 2.24) is 0 Å². The minimum Gasteiger partial charge on any atom is -0.837 e. The molecule has 0 atom stereocenters. The first kappa shape index (κ1) is 9.00. The molecule has 0 aromatic carbocycles. The molecule has 0 unspecified atom stereocenters. The Morgan fingerprint density at radius 3 is 2.60 bits per heavy atom. The summed E-state index contributed by atoms with van der Waals surface area (Å²) in [5.74, 6) is -0.912. The summed E-state index contributed by atoms with van der Waals surface area (Å²) >= 11 is 0. The first-order chi connectivity index (χ1) is 4.66. The van der Waals surface area contributed by atoms with Crippen LogP contribution in [-0.2, 0) is 4.79 Å². The third-order valence-electron chi connectivity index (χ3n) is 0.737. The summed E-state index contributed by atoms with van der Waals surface area (Å²) in [6.07, 6.45) is -2.26. The lowest BCUT2D eigenvalue weighted by Gasteiger charge is -1.95. The van der Waals surface area contributed by atoms with Crippen LogP contribution in [0.1, 0.15) is 12.8 Å². The van der Waals surface area contributed by atoms with Gasteiger partial charge in [0.15, 0.2) is 0 Å². The van der Waals surface area contributed by atoms with E-state index in [-0.39, 0.29) is 12.8 Å². The van der Waals surface area contributed by atoms with Crippen molar-refractivity contribution in [2.45, 2.75) is 12.8 Å². The molecule has 0 aromatic heterocycles. The van der Waals surface area contributed by atoms with Crippen LogP contribution in [0, 0.1) is 0 Å². The van der Waals surface area contributed by atoms with Gasteiger partial charge in [0.05, 0.1) is 6.67 Å². The van der Waals surface area contributed by atoms with Gasteiger partial charge in [-0.2, -0.15) is 4.99 Å². The topological polar surface area (TPSA) is 52.5 Å². The molecule has 0 bridgehead atoms. The van der Waals surface area contributed by atoms with Crippen LogP contribution in [0.4, 0.5) is 8.78 Å². The standard InChI is InChI=1S/C5H7F2NO2/c6-3-1-2-4(9)8-5(7)10/h1-3H2,(H,8,9,10)/p-1. The SMILES string of the molecule is O=C(CCCF)N=C([O-])F. The molecule has 0 spiro atoms. The zero-order valence-corrected chi connectivity index (χ0v) is 5.14. The van der Waals surface area contributed by atoms with Crippen molar-refractivity contribution in [3.8, 4) is 0 Å². The Bertz CT molecular complexity index is 143. The molecule has 1 amide bonds. The van der Waals surface area contributed by atoms with Gasteiger partial charge in [0, 0.05) is 6.42 Å². The number of amides is 1. The first-order valence-electron chi connectivity index (χ1n) is 2.67. The molecule has 0 aliphatic rings. The second-order valence-electron chi connectivity index (χ2n) is 1.55. The number of hydrogen-bond acceptors (Lipinski definition) is 2. The van der Waals surface area contributed by atoms with Crippen LogP contribution >= 0.6 is 0 Å². The number of alkyl halides is 1. The van der Waals surface area contributed by atoms with Crippen molar-refractivity contribution in [3.05, 3.63) is 0 Å². The molecule has 0 aliphatic heterocycles. The van der Waals surface area contributed by atoms with E-state index in [0.717, 1.165) is 0 Å². The number of aliphatic imine (C=N–C) groups is 1. The van der Waals surface area contributed by atoms with E-state index >= 15 is 0 Å². The van der Waals surface area contributed by atoms with Gasteiger partial charge in [-0.3, -0.25) is 9.18 Å². The molecule has 3 nitrogen and oxygen atoms in total. The van der Waals surface area contributed by atoms with Gasteiger partial charge in [0.1, 0.15) is 6.15 Å². The molecular weight excluding hydrogens is 144 g/mol. The lowest BCUT2D eigenvalue weighted by molar-refractivity contribution is -0.233. The molecule has 0 aromatic rings. The van der Waals surface area contributed by atoms with Gasteiger partial charge in [-0.05, 0) is 6.42 Å². The lowest BCUT2D eigenvalue weighted by Crippen LogP contribution is -2.12. The van der Waals surface area contributed by atoms with Crippen LogP contribution in [-0.4, -0.2) is 18.7 Å². The predicted molar refractivity (Wildman–Crippen MR) is 28.8 cm³/mol. The Labute approximate surface area is 56.4 Å². The Kier molecular flexibility index (Phi) is 4.36. The van der Waals surface area contributed by atoms with Gasteiger partial charge in [-0.15, -0.1) is 0 Å². The minimum atomic E-state index is -2.02. The summed E-state index contributed by atoms with van der Waals surface area (Å²) in [5, 5.41) is 9.47. The van der Waals surface area contributed by atoms with Crippen LogP contribution in [0.5, 0.6) is 0 Å². The molecule has 0 saturated carbocycles. The van der Waals surface area contributed by atoms with Crippen molar-refractivity contribution < 1.29 is 18.7 Å². The van der Waals surface area contributed by atoms with E-state index < -0.39 is 18.7 Å². The summed E-state index contributed by atoms with van der Waals surface area (Å²) in [6.45, 7) is -0.665. The number of carbonyl (C=O) groups is 1. The fourth-order valence-electron chi connectivity index (χ4n) is 0.372. The molecule has 10 heavy (non-hydrogen) atoms. The Balaban J connectivity index is 3.54. The average Bonchev–Trinajstić information content (AvgIpc) is 1.82. The van der Waals surface area contributed by atoms with Gasteiger partial charge in [0.25, 0.3) is 0 Å². The molecule has 0 N–H and O–H groups in total. The summed E-state index contributed by atoms with van der Waals surface area (Å²) < 4.78 is 22.6. The van der Waals surface area contributed by atoms with Gasteiger partial charge < -0.3 is 5.11 Å². The maximum Gasteiger partial charge on any atom is 0.247 e. The second kappa shape index (κ2) is 4.84. The predicted octanol–water partition coefficient (Wildman–Crippen LogP) is -0.0515. The molecule has 0 heterocycles. The summed E-state index contributed by atoms with van der Waals surface area (Å²) in [4.78, 5) is 12.6. The lowest BCUT2D eigenvalue weighted by atomic mass is 10.3. The third kappa shape index (κ3) is 5.14. The van der Waals surface area contributed by atoms with Gasteiger partial charge in [-0.25, -0.2) is 4.39 Å². The quantitative estimate of drug-likeness (QED) is 0.418. The summed E-state index contributed by atoms with van der Waals surface area (Å²) in [5.41, 5.74) is 0. The zero-order chi connectivity index (χ0) is 7.98. The molecule has 0 fully saturated rings.